The van der Waals surface area contributed by atoms with Gasteiger partial charge in [0.15, 0.2) is 5.82 Å². The third-order valence-corrected chi connectivity index (χ3v) is 3.44. The first-order chi connectivity index (χ1) is 9.20. The van der Waals surface area contributed by atoms with Gasteiger partial charge in [0, 0.05) is 25.6 Å². The fourth-order valence-corrected chi connectivity index (χ4v) is 2.56. The highest BCUT2D eigenvalue weighted by atomic mass is 16.5. The van der Waals surface area contributed by atoms with E-state index in [2.05, 4.69) is 22.4 Å². The van der Waals surface area contributed by atoms with Crippen molar-refractivity contribution in [2.45, 2.75) is 52.0 Å². The highest BCUT2D eigenvalue weighted by Crippen LogP contribution is 2.20. The van der Waals surface area contributed by atoms with Crippen molar-refractivity contribution in [2.75, 3.05) is 13.1 Å². The van der Waals surface area contributed by atoms with Crippen molar-refractivity contribution in [1.82, 2.24) is 20.4 Å². The summed E-state index contributed by atoms with van der Waals surface area (Å²) >= 11 is 0. The summed E-state index contributed by atoms with van der Waals surface area (Å²) in [5, 5.41) is 6.65. The van der Waals surface area contributed by atoms with Crippen LogP contribution < -0.4 is 5.32 Å². The molecule has 1 fully saturated rings. The van der Waals surface area contributed by atoms with E-state index in [4.69, 9.17) is 4.52 Å². The van der Waals surface area contributed by atoms with Gasteiger partial charge in [-0.05, 0) is 26.2 Å². The molecule has 2 rings (SSSR count). The van der Waals surface area contributed by atoms with E-state index in [1.54, 1.807) is 6.92 Å². The van der Waals surface area contributed by atoms with Crippen molar-refractivity contribution in [1.29, 1.82) is 0 Å². The van der Waals surface area contributed by atoms with Gasteiger partial charge in [-0.1, -0.05) is 18.5 Å². The van der Waals surface area contributed by atoms with Gasteiger partial charge >= 0.3 is 6.03 Å². The molecule has 0 bridgehead atoms. The summed E-state index contributed by atoms with van der Waals surface area (Å²) in [4.78, 5) is 18.1. The molecule has 1 atom stereocenters. The lowest BCUT2D eigenvalue weighted by atomic mass is 10.1. The molecular formula is C13H22N4O2. The first kappa shape index (κ1) is 13.8. The summed E-state index contributed by atoms with van der Waals surface area (Å²) in [5.41, 5.74) is 0. The molecule has 1 aromatic rings. The number of carbonyl (C=O) groups excluding carboxylic acids is 1. The number of urea groups is 1. The van der Waals surface area contributed by atoms with E-state index in [0.29, 0.717) is 30.7 Å². The van der Waals surface area contributed by atoms with Gasteiger partial charge in [0.1, 0.15) is 0 Å². The molecule has 2 heterocycles. The molecule has 0 saturated carbocycles. The van der Waals surface area contributed by atoms with E-state index < -0.39 is 0 Å². The fourth-order valence-electron chi connectivity index (χ4n) is 2.56. The number of amides is 2. The van der Waals surface area contributed by atoms with Crippen LogP contribution in [0.4, 0.5) is 4.79 Å². The second-order valence-electron chi connectivity index (χ2n) is 5.00. The Morgan fingerprint density at radius 2 is 2.42 bits per heavy atom. The summed E-state index contributed by atoms with van der Waals surface area (Å²) in [5.74, 6) is 1.20. The molecule has 1 aromatic heterocycles. The van der Waals surface area contributed by atoms with E-state index in [0.717, 1.165) is 32.2 Å². The molecule has 1 N–H and O–H groups in total. The standard InChI is InChI=1S/C13H22N4O2/c1-3-5-11-6-4-9-17(11)13(18)14-8-7-12-15-10(2)16-19-12/h11H,3-9H2,1-2H3,(H,14,18). The molecule has 1 saturated heterocycles. The summed E-state index contributed by atoms with van der Waals surface area (Å²) < 4.78 is 5.01. The quantitative estimate of drug-likeness (QED) is 0.883. The molecule has 0 aliphatic carbocycles. The molecule has 19 heavy (non-hydrogen) atoms. The van der Waals surface area contributed by atoms with Crippen molar-refractivity contribution < 1.29 is 9.32 Å². The second-order valence-corrected chi connectivity index (χ2v) is 5.00. The maximum absolute atomic E-state index is 12.1. The van der Waals surface area contributed by atoms with E-state index >= 15 is 0 Å². The average molecular weight is 266 g/mol. The van der Waals surface area contributed by atoms with Crippen LogP contribution in [0.1, 0.15) is 44.3 Å². The number of rotatable bonds is 5. The Kier molecular flexibility index (Phi) is 4.76. The maximum Gasteiger partial charge on any atom is 0.317 e. The predicted molar refractivity (Wildman–Crippen MR) is 70.8 cm³/mol. The minimum absolute atomic E-state index is 0.0344. The van der Waals surface area contributed by atoms with Crippen LogP contribution in [-0.4, -0.2) is 40.2 Å². The Morgan fingerprint density at radius 1 is 1.58 bits per heavy atom. The van der Waals surface area contributed by atoms with Gasteiger partial charge < -0.3 is 14.7 Å². The molecule has 6 nitrogen and oxygen atoms in total. The van der Waals surface area contributed by atoms with E-state index in [1.807, 2.05) is 4.90 Å². The highest BCUT2D eigenvalue weighted by molar-refractivity contribution is 5.74. The van der Waals surface area contributed by atoms with Crippen molar-refractivity contribution in [2.24, 2.45) is 0 Å². The van der Waals surface area contributed by atoms with Gasteiger partial charge in [0.2, 0.25) is 5.89 Å². The topological polar surface area (TPSA) is 71.3 Å². The van der Waals surface area contributed by atoms with Crippen LogP contribution in [0, 0.1) is 6.92 Å². The molecule has 1 aliphatic rings. The van der Waals surface area contributed by atoms with Crippen LogP contribution in [0.15, 0.2) is 4.52 Å². The molecule has 1 unspecified atom stereocenters. The highest BCUT2D eigenvalue weighted by Gasteiger charge is 2.27. The van der Waals surface area contributed by atoms with Gasteiger partial charge in [-0.3, -0.25) is 0 Å². The van der Waals surface area contributed by atoms with Gasteiger partial charge in [-0.25, -0.2) is 4.79 Å². The molecule has 0 radical (unpaired) electrons. The third kappa shape index (κ3) is 3.68. The minimum atomic E-state index is 0.0344. The number of hydrogen-bond acceptors (Lipinski definition) is 4. The number of hydrogen-bond donors (Lipinski definition) is 1. The maximum atomic E-state index is 12.1. The molecular weight excluding hydrogens is 244 g/mol. The van der Waals surface area contributed by atoms with Crippen molar-refractivity contribution >= 4 is 6.03 Å². The Hall–Kier alpha value is -1.59. The van der Waals surface area contributed by atoms with E-state index in [1.165, 1.54) is 0 Å². The Bertz CT molecular complexity index is 419. The largest absolute Gasteiger partial charge is 0.339 e. The number of carbonyl (C=O) groups is 1. The number of aryl methyl sites for hydroxylation is 1. The fraction of sp³-hybridized carbons (Fsp3) is 0.769. The van der Waals surface area contributed by atoms with Crippen LogP contribution in [0.25, 0.3) is 0 Å². The predicted octanol–water partition coefficient (Wildman–Crippen LogP) is 1.89. The Labute approximate surface area is 113 Å². The number of nitrogens with one attached hydrogen (secondary N) is 1. The van der Waals surface area contributed by atoms with Crippen LogP contribution >= 0.6 is 0 Å². The Balaban J connectivity index is 1.74. The van der Waals surface area contributed by atoms with Gasteiger partial charge in [0.05, 0.1) is 0 Å². The molecule has 106 valence electrons. The van der Waals surface area contributed by atoms with Gasteiger partial charge in [-0.2, -0.15) is 4.98 Å². The van der Waals surface area contributed by atoms with Crippen LogP contribution in [0.5, 0.6) is 0 Å². The summed E-state index contributed by atoms with van der Waals surface area (Å²) in [6.07, 6.45) is 5.04. The zero-order chi connectivity index (χ0) is 13.7. The van der Waals surface area contributed by atoms with Crippen LogP contribution in [0.2, 0.25) is 0 Å². The summed E-state index contributed by atoms with van der Waals surface area (Å²) in [7, 11) is 0. The van der Waals surface area contributed by atoms with E-state index in [9.17, 15) is 4.79 Å². The van der Waals surface area contributed by atoms with Crippen molar-refractivity contribution in [3.8, 4) is 0 Å². The monoisotopic (exact) mass is 266 g/mol. The van der Waals surface area contributed by atoms with Crippen molar-refractivity contribution in [3.05, 3.63) is 11.7 Å². The molecule has 0 spiro atoms. The average Bonchev–Trinajstić information content (AvgIpc) is 2.99. The first-order valence-electron chi connectivity index (χ1n) is 7.04. The second kappa shape index (κ2) is 6.54. The number of likely N-dealkylation sites (tertiary alicyclic amines) is 1. The zero-order valence-electron chi connectivity index (χ0n) is 11.7. The molecule has 1 aliphatic heterocycles. The van der Waals surface area contributed by atoms with Gasteiger partial charge in [-0.15, -0.1) is 0 Å². The van der Waals surface area contributed by atoms with Gasteiger partial charge in [0.25, 0.3) is 0 Å². The normalized spacial score (nSPS) is 18.8. The number of aromatic nitrogens is 2. The van der Waals surface area contributed by atoms with Crippen molar-refractivity contribution in [3.63, 3.8) is 0 Å². The lowest BCUT2D eigenvalue weighted by Gasteiger charge is -2.24. The first-order valence-corrected chi connectivity index (χ1v) is 7.04. The van der Waals surface area contributed by atoms with Crippen LogP contribution in [-0.2, 0) is 6.42 Å². The van der Waals surface area contributed by atoms with E-state index in [-0.39, 0.29) is 6.03 Å². The summed E-state index contributed by atoms with van der Waals surface area (Å²) in [6.45, 7) is 5.35. The molecule has 6 heteroatoms. The molecule has 0 aromatic carbocycles. The van der Waals surface area contributed by atoms with Crippen LogP contribution in [0.3, 0.4) is 0 Å². The Morgan fingerprint density at radius 3 is 3.11 bits per heavy atom. The SMILES string of the molecule is CCCC1CCCN1C(=O)NCCc1nc(C)no1. The lowest BCUT2D eigenvalue weighted by molar-refractivity contribution is 0.189. The minimum Gasteiger partial charge on any atom is -0.339 e. The smallest absolute Gasteiger partial charge is 0.317 e. The lowest BCUT2D eigenvalue weighted by Crippen LogP contribution is -2.43. The molecule has 2 amide bonds. The number of nitrogens with zero attached hydrogens (tertiary/aromatic N) is 3. The summed E-state index contributed by atoms with van der Waals surface area (Å²) in [6, 6.07) is 0.447. The zero-order valence-corrected chi connectivity index (χ0v) is 11.7. The third-order valence-electron chi connectivity index (χ3n) is 3.44.